The van der Waals surface area contributed by atoms with Crippen LogP contribution < -0.4 is 10.6 Å². The van der Waals surface area contributed by atoms with Crippen LogP contribution in [0.25, 0.3) is 0 Å². The lowest BCUT2D eigenvalue weighted by atomic mass is 9.50. The fourth-order valence-corrected chi connectivity index (χ4v) is 7.36. The van der Waals surface area contributed by atoms with Crippen molar-refractivity contribution >= 4 is 23.6 Å². The highest BCUT2D eigenvalue weighted by atomic mass is 16.6. The molecule has 0 unspecified atom stereocenters. The number of carbonyl (C=O) groups is 2. The fraction of sp³-hybridized carbons (Fsp3) is 0.533. The molecule has 2 amide bonds. The zero-order valence-electron chi connectivity index (χ0n) is 23.1. The number of anilines is 2. The van der Waals surface area contributed by atoms with Crippen LogP contribution >= 0.6 is 0 Å². The number of benzene rings is 2. The van der Waals surface area contributed by atoms with E-state index in [9.17, 15) is 9.59 Å². The summed E-state index contributed by atoms with van der Waals surface area (Å²) in [7, 11) is 0. The Labute approximate surface area is 224 Å². The molecular formula is C30H38N4O4. The molecule has 4 aliphatic rings. The SMILES string of the molecule is CC(C)(C)OC(=O)N1CC[C@@]23c4ccccc4N[C@H]4N(C(=O)OC(C)(C)C)CC[C@]42c2ccccc2N[C@@H]13. The number of nitrogens with one attached hydrogen (secondary N) is 2. The second-order valence-electron chi connectivity index (χ2n) is 13.0. The van der Waals surface area contributed by atoms with E-state index in [0.29, 0.717) is 13.1 Å². The van der Waals surface area contributed by atoms with Gasteiger partial charge in [0.15, 0.2) is 0 Å². The number of amides is 2. The lowest BCUT2D eigenvalue weighted by Gasteiger charge is -2.60. The number of rotatable bonds is 0. The van der Waals surface area contributed by atoms with Crippen LogP contribution in [0.5, 0.6) is 0 Å². The highest BCUT2D eigenvalue weighted by molar-refractivity contribution is 5.79. The minimum atomic E-state index is -0.605. The van der Waals surface area contributed by atoms with Crippen molar-refractivity contribution in [2.45, 2.75) is 88.7 Å². The van der Waals surface area contributed by atoms with Gasteiger partial charge in [-0.3, -0.25) is 9.80 Å². The molecule has 2 spiro atoms. The van der Waals surface area contributed by atoms with Crippen LogP contribution in [0.4, 0.5) is 21.0 Å². The molecular weight excluding hydrogens is 480 g/mol. The van der Waals surface area contributed by atoms with Gasteiger partial charge < -0.3 is 20.1 Å². The molecule has 38 heavy (non-hydrogen) atoms. The normalized spacial score (nSPS) is 29.1. The summed E-state index contributed by atoms with van der Waals surface area (Å²) in [5.74, 6) is 0. The van der Waals surface area contributed by atoms with E-state index in [1.165, 1.54) is 11.1 Å². The Hall–Kier alpha value is -3.42. The largest absolute Gasteiger partial charge is 0.444 e. The molecule has 4 heterocycles. The summed E-state index contributed by atoms with van der Waals surface area (Å²) in [5, 5.41) is 7.52. The minimum absolute atomic E-state index is 0.323. The van der Waals surface area contributed by atoms with E-state index in [2.05, 4.69) is 47.0 Å². The van der Waals surface area contributed by atoms with Crippen LogP contribution in [0.15, 0.2) is 48.5 Å². The number of likely N-dealkylation sites (tertiary alicyclic amines) is 2. The van der Waals surface area contributed by atoms with Crippen molar-refractivity contribution in [3.05, 3.63) is 59.7 Å². The number of fused-ring (bicyclic) bond motifs is 2. The molecule has 2 saturated heterocycles. The topological polar surface area (TPSA) is 83.1 Å². The molecule has 0 aliphatic carbocycles. The summed E-state index contributed by atoms with van der Waals surface area (Å²) in [4.78, 5) is 30.9. The van der Waals surface area contributed by atoms with Crippen molar-refractivity contribution in [3.8, 4) is 0 Å². The third-order valence-electron chi connectivity index (χ3n) is 8.50. The van der Waals surface area contributed by atoms with E-state index in [4.69, 9.17) is 9.47 Å². The molecule has 8 heteroatoms. The van der Waals surface area contributed by atoms with Crippen molar-refractivity contribution < 1.29 is 19.1 Å². The lowest BCUT2D eigenvalue weighted by molar-refractivity contribution is 0.00882. The summed E-state index contributed by atoms with van der Waals surface area (Å²) < 4.78 is 11.8. The quantitative estimate of drug-likeness (QED) is 0.469. The van der Waals surface area contributed by atoms with E-state index in [1.54, 1.807) is 0 Å². The van der Waals surface area contributed by atoms with Crippen molar-refractivity contribution in [1.29, 1.82) is 0 Å². The molecule has 0 saturated carbocycles. The van der Waals surface area contributed by atoms with Crippen LogP contribution in [0, 0.1) is 0 Å². The van der Waals surface area contributed by atoms with Gasteiger partial charge in [-0.25, -0.2) is 9.59 Å². The Balaban J connectivity index is 1.56. The standard InChI is InChI=1S/C30H38N4O4/c1-27(2,3)37-25(35)33-17-15-29-19-11-7-10-14-22(19)32-24-30(29,16-18-34(24)26(36)38-28(4,5)6)20-12-8-9-13-21(20)31-23(29)33/h7-14,23-24,31-32H,15-18H2,1-6H3/t23-,24-,29-,30-/m0/s1. The Morgan fingerprint density at radius 3 is 1.45 bits per heavy atom. The van der Waals surface area contributed by atoms with Gasteiger partial charge in [0.05, 0.1) is 10.8 Å². The second-order valence-corrected chi connectivity index (χ2v) is 13.0. The van der Waals surface area contributed by atoms with E-state index < -0.39 is 22.0 Å². The summed E-state index contributed by atoms with van der Waals surface area (Å²) in [6, 6.07) is 16.7. The first-order valence-electron chi connectivity index (χ1n) is 13.6. The Morgan fingerprint density at radius 2 is 1.08 bits per heavy atom. The van der Waals surface area contributed by atoms with Gasteiger partial charge in [-0.15, -0.1) is 0 Å². The predicted octanol–water partition coefficient (Wildman–Crippen LogP) is 5.65. The van der Waals surface area contributed by atoms with Crippen LogP contribution in [0.3, 0.4) is 0 Å². The molecule has 6 rings (SSSR count). The summed E-state index contributed by atoms with van der Waals surface area (Å²) in [6.07, 6.45) is 0.172. The first-order chi connectivity index (χ1) is 17.9. The average molecular weight is 519 g/mol. The van der Waals surface area contributed by atoms with Gasteiger partial charge in [0.2, 0.25) is 0 Å². The van der Waals surface area contributed by atoms with Gasteiger partial charge in [0.1, 0.15) is 23.5 Å². The molecule has 0 radical (unpaired) electrons. The van der Waals surface area contributed by atoms with Gasteiger partial charge in [-0.2, -0.15) is 0 Å². The van der Waals surface area contributed by atoms with Crippen LogP contribution in [0.2, 0.25) is 0 Å². The smallest absolute Gasteiger partial charge is 0.411 e. The van der Waals surface area contributed by atoms with Gasteiger partial charge in [0, 0.05) is 24.5 Å². The average Bonchev–Trinajstić information content (AvgIpc) is 3.39. The minimum Gasteiger partial charge on any atom is -0.444 e. The van der Waals surface area contributed by atoms with Crippen LogP contribution in [0.1, 0.15) is 65.5 Å². The molecule has 0 aromatic heterocycles. The van der Waals surface area contributed by atoms with Crippen molar-refractivity contribution in [1.82, 2.24) is 9.80 Å². The predicted molar refractivity (Wildman–Crippen MR) is 146 cm³/mol. The molecule has 4 aliphatic heterocycles. The maximum Gasteiger partial charge on any atom is 0.411 e. The van der Waals surface area contributed by atoms with E-state index in [-0.39, 0.29) is 24.5 Å². The van der Waals surface area contributed by atoms with Crippen molar-refractivity contribution in [2.75, 3.05) is 23.7 Å². The van der Waals surface area contributed by atoms with Gasteiger partial charge in [0.25, 0.3) is 0 Å². The van der Waals surface area contributed by atoms with Gasteiger partial charge >= 0.3 is 12.2 Å². The maximum absolute atomic E-state index is 13.6. The van der Waals surface area contributed by atoms with E-state index in [1.807, 2.05) is 63.5 Å². The number of hydrogen-bond donors (Lipinski definition) is 2. The molecule has 2 aromatic carbocycles. The number of nitrogens with zero attached hydrogens (tertiary/aromatic N) is 2. The third kappa shape index (κ3) is 3.41. The maximum atomic E-state index is 13.6. The molecule has 8 nitrogen and oxygen atoms in total. The number of hydrogen-bond acceptors (Lipinski definition) is 6. The van der Waals surface area contributed by atoms with Crippen molar-refractivity contribution in [3.63, 3.8) is 0 Å². The summed E-state index contributed by atoms with van der Waals surface area (Å²) in [6.45, 7) is 12.5. The number of ether oxygens (including phenoxy) is 2. The Kier molecular flexibility index (Phi) is 5.27. The summed E-state index contributed by atoms with van der Waals surface area (Å²) in [5.41, 5.74) is 2.13. The summed E-state index contributed by atoms with van der Waals surface area (Å²) >= 11 is 0. The molecule has 4 atom stereocenters. The molecule has 2 aromatic rings. The molecule has 202 valence electrons. The second kappa shape index (κ2) is 8.04. The van der Waals surface area contributed by atoms with Gasteiger partial charge in [-0.05, 0) is 77.6 Å². The lowest BCUT2D eigenvalue weighted by Crippen LogP contribution is -2.70. The Bertz CT molecular complexity index is 1200. The van der Waals surface area contributed by atoms with Crippen molar-refractivity contribution in [2.24, 2.45) is 0 Å². The highest BCUT2D eigenvalue weighted by Crippen LogP contribution is 2.66. The Morgan fingerprint density at radius 1 is 0.711 bits per heavy atom. The first-order valence-corrected chi connectivity index (χ1v) is 13.6. The van der Waals surface area contributed by atoms with E-state index >= 15 is 0 Å². The number of carbonyl (C=O) groups excluding carboxylic acids is 2. The van der Waals surface area contributed by atoms with Crippen LogP contribution in [-0.4, -0.2) is 58.6 Å². The first kappa shape index (κ1) is 24.9. The van der Waals surface area contributed by atoms with Crippen LogP contribution in [-0.2, 0) is 20.3 Å². The van der Waals surface area contributed by atoms with E-state index in [0.717, 1.165) is 24.2 Å². The monoisotopic (exact) mass is 518 g/mol. The zero-order chi connectivity index (χ0) is 27.1. The highest BCUT2D eigenvalue weighted by Gasteiger charge is 2.73. The zero-order valence-corrected chi connectivity index (χ0v) is 23.1. The van der Waals surface area contributed by atoms with Gasteiger partial charge in [-0.1, -0.05) is 36.4 Å². The molecule has 2 N–H and O–H groups in total. The number of para-hydroxylation sites is 2. The third-order valence-corrected chi connectivity index (χ3v) is 8.50. The molecule has 0 bridgehead atoms. The molecule has 2 fully saturated rings. The fourth-order valence-electron chi connectivity index (χ4n) is 7.36.